The molecular formula is C84H68BN3S2. The van der Waals surface area contributed by atoms with Gasteiger partial charge in [-0.05, 0) is 150 Å². The van der Waals surface area contributed by atoms with Crippen molar-refractivity contribution in [2.75, 3.05) is 9.80 Å². The summed E-state index contributed by atoms with van der Waals surface area (Å²) >= 11 is 3.79. The summed E-state index contributed by atoms with van der Waals surface area (Å²) in [7, 11) is 0. The second-order valence-electron chi connectivity index (χ2n) is 28.1. The number of aromatic nitrogens is 1. The lowest BCUT2D eigenvalue weighted by Crippen LogP contribution is -2.61. The van der Waals surface area contributed by atoms with Crippen LogP contribution in [0, 0.1) is 0 Å². The van der Waals surface area contributed by atoms with Gasteiger partial charge in [-0.2, -0.15) is 0 Å². The van der Waals surface area contributed by atoms with Crippen molar-refractivity contribution in [3.05, 3.63) is 265 Å². The lowest BCUT2D eigenvalue weighted by molar-refractivity contribution is 0.590. The lowest BCUT2D eigenvalue weighted by atomic mass is 9.33. The van der Waals surface area contributed by atoms with Crippen molar-refractivity contribution in [2.45, 2.75) is 78.6 Å². The van der Waals surface area contributed by atoms with Gasteiger partial charge in [0.25, 0.3) is 6.71 Å². The molecule has 0 radical (unpaired) electrons. The Hall–Kier alpha value is -9.46. The van der Waals surface area contributed by atoms with E-state index < -0.39 is 0 Å². The minimum Gasteiger partial charge on any atom is -0.310 e. The van der Waals surface area contributed by atoms with Gasteiger partial charge in [0.05, 0.1) is 22.4 Å². The van der Waals surface area contributed by atoms with E-state index in [9.17, 15) is 0 Å². The van der Waals surface area contributed by atoms with E-state index in [1.54, 1.807) is 0 Å². The van der Waals surface area contributed by atoms with Gasteiger partial charge in [0, 0.05) is 90.7 Å². The molecule has 90 heavy (non-hydrogen) atoms. The normalized spacial score (nSPS) is 13.3. The Morgan fingerprint density at radius 1 is 0.311 bits per heavy atom. The third-order valence-electron chi connectivity index (χ3n) is 19.4. The molecule has 0 unspecified atom stereocenters. The minimum absolute atomic E-state index is 0.0304. The molecule has 3 aromatic heterocycles. The largest absolute Gasteiger partial charge is 0.310 e. The average molecular weight is 1190 g/mol. The number of hydrogen-bond donors (Lipinski definition) is 0. The van der Waals surface area contributed by atoms with E-state index >= 15 is 0 Å². The van der Waals surface area contributed by atoms with Crippen molar-refractivity contribution in [3.8, 4) is 39.1 Å². The van der Waals surface area contributed by atoms with E-state index in [0.717, 1.165) is 5.69 Å². The summed E-state index contributed by atoms with van der Waals surface area (Å²) in [4.78, 5) is 5.46. The molecule has 0 amide bonds. The summed E-state index contributed by atoms with van der Waals surface area (Å²) in [5.41, 5.74) is 25.3. The van der Waals surface area contributed by atoms with Crippen LogP contribution in [0.4, 0.5) is 34.1 Å². The second-order valence-corrected chi connectivity index (χ2v) is 30.2. The van der Waals surface area contributed by atoms with E-state index in [4.69, 9.17) is 0 Å². The molecule has 12 aromatic carbocycles. The number of thiophene rings is 2. The molecule has 0 spiro atoms. The maximum absolute atomic E-state index is 2.75. The Kier molecular flexibility index (Phi) is 12.2. The van der Waals surface area contributed by atoms with Crippen LogP contribution < -0.4 is 26.2 Å². The van der Waals surface area contributed by atoms with Crippen LogP contribution in [-0.2, 0) is 16.2 Å². The highest BCUT2D eigenvalue weighted by atomic mass is 32.1. The first-order chi connectivity index (χ1) is 43.5. The predicted octanol–water partition coefficient (Wildman–Crippen LogP) is 22.5. The molecule has 0 saturated carbocycles. The highest BCUT2D eigenvalue weighted by Crippen LogP contribution is 2.56. The van der Waals surface area contributed by atoms with Crippen LogP contribution >= 0.6 is 22.7 Å². The van der Waals surface area contributed by atoms with Crippen molar-refractivity contribution < 1.29 is 0 Å². The van der Waals surface area contributed by atoms with Gasteiger partial charge in [-0.3, -0.25) is 0 Å². The molecule has 0 atom stereocenters. The number of nitrogens with zero attached hydrogens (tertiary/aromatic N) is 3. The minimum atomic E-state index is -0.259. The molecule has 15 aromatic rings. The SMILES string of the molecule is CC(C)(C)c1cc2c3c(c1)N(c1c(-c4ccccc4)ccc4sc5ccccc5c14)c1cc(-n4c5ccc(C(C)(C)C)cc5c5cc(C(C)(C)C)ccc54)ccc1B3c1cc(-c3ccccc3)ccc1N2c1c(-c2ccccc2)ccc2sc3ccccc3c12. The number of anilines is 6. The third kappa shape index (κ3) is 8.44. The maximum atomic E-state index is 2.75. The topological polar surface area (TPSA) is 11.4 Å². The molecule has 0 fully saturated rings. The van der Waals surface area contributed by atoms with Crippen LogP contribution in [0.5, 0.6) is 0 Å². The van der Waals surface area contributed by atoms with Crippen LogP contribution in [0.2, 0.25) is 0 Å². The van der Waals surface area contributed by atoms with E-state index in [1.165, 1.54) is 163 Å². The summed E-state index contributed by atoms with van der Waals surface area (Å²) in [6, 6.07) is 95.5. The molecule has 2 aliphatic heterocycles. The summed E-state index contributed by atoms with van der Waals surface area (Å²) in [5.74, 6) is 0. The average Bonchev–Trinajstić information content (AvgIpc) is 0.995. The van der Waals surface area contributed by atoms with E-state index in [0.29, 0.717) is 0 Å². The van der Waals surface area contributed by atoms with Gasteiger partial charge >= 0.3 is 0 Å². The van der Waals surface area contributed by atoms with Gasteiger partial charge in [0.15, 0.2) is 0 Å². The van der Waals surface area contributed by atoms with Crippen LogP contribution in [0.3, 0.4) is 0 Å². The van der Waals surface area contributed by atoms with Gasteiger partial charge in [0.1, 0.15) is 0 Å². The Labute approximate surface area is 535 Å². The first-order valence-electron chi connectivity index (χ1n) is 31.8. The summed E-state index contributed by atoms with van der Waals surface area (Å²) in [6.45, 7) is 21.0. The zero-order chi connectivity index (χ0) is 61.1. The molecule has 2 aliphatic rings. The van der Waals surface area contributed by atoms with Crippen molar-refractivity contribution in [1.82, 2.24) is 4.57 Å². The van der Waals surface area contributed by atoms with Gasteiger partial charge in [0.2, 0.25) is 0 Å². The summed E-state index contributed by atoms with van der Waals surface area (Å²) in [6.07, 6.45) is 0. The van der Waals surface area contributed by atoms with Crippen molar-refractivity contribution in [2.24, 2.45) is 0 Å². The Morgan fingerprint density at radius 2 is 0.778 bits per heavy atom. The summed E-state index contributed by atoms with van der Waals surface area (Å²) < 4.78 is 7.66. The second kappa shape index (κ2) is 20.0. The monoisotopic (exact) mass is 1190 g/mol. The van der Waals surface area contributed by atoms with Crippen LogP contribution in [0.15, 0.2) is 249 Å². The van der Waals surface area contributed by atoms with E-state index in [1.807, 2.05) is 22.7 Å². The molecule has 0 bridgehead atoms. The first kappa shape index (κ1) is 54.7. The molecule has 6 heteroatoms. The molecule has 5 heterocycles. The Morgan fingerprint density at radius 3 is 1.28 bits per heavy atom. The van der Waals surface area contributed by atoms with Gasteiger partial charge < -0.3 is 14.4 Å². The maximum Gasteiger partial charge on any atom is 0.252 e. The number of benzene rings is 12. The highest BCUT2D eigenvalue weighted by Gasteiger charge is 2.46. The molecule has 0 aliphatic carbocycles. The van der Waals surface area contributed by atoms with E-state index in [2.05, 4.69) is 325 Å². The Bertz CT molecular complexity index is 5370. The molecule has 434 valence electrons. The number of fused-ring (bicyclic) bond motifs is 13. The highest BCUT2D eigenvalue weighted by molar-refractivity contribution is 7.26. The molecule has 0 saturated heterocycles. The van der Waals surface area contributed by atoms with Crippen molar-refractivity contribution in [3.63, 3.8) is 0 Å². The van der Waals surface area contributed by atoms with Gasteiger partial charge in [-0.25, -0.2) is 0 Å². The number of hydrogen-bond acceptors (Lipinski definition) is 4. The van der Waals surface area contributed by atoms with Crippen LogP contribution in [0.25, 0.3) is 101 Å². The zero-order valence-electron chi connectivity index (χ0n) is 52.4. The van der Waals surface area contributed by atoms with Crippen LogP contribution in [0.1, 0.15) is 79.0 Å². The van der Waals surface area contributed by atoms with E-state index in [-0.39, 0.29) is 23.0 Å². The summed E-state index contributed by atoms with van der Waals surface area (Å²) in [5, 5.41) is 7.64. The Balaban J connectivity index is 1.05. The fraction of sp³-hybridized carbons (Fsp3) is 0.143. The van der Waals surface area contributed by atoms with Crippen molar-refractivity contribution >= 4 is 142 Å². The van der Waals surface area contributed by atoms with Crippen molar-refractivity contribution in [1.29, 1.82) is 0 Å². The number of rotatable bonds is 6. The van der Waals surface area contributed by atoms with Gasteiger partial charge in [-0.15, -0.1) is 22.7 Å². The smallest absolute Gasteiger partial charge is 0.252 e. The molecule has 17 rings (SSSR count). The molecule has 3 nitrogen and oxygen atoms in total. The first-order valence-corrected chi connectivity index (χ1v) is 33.4. The standard InChI is InChI=1S/C84H68BN3S2/c1-82(2,3)55-34-41-67-63(46-55)64-47-56(83(4,5)6)35-42-68(64)86(67)58-36-39-65-70(50-58)88(81-60(53-27-17-12-18-28-53)38-44-76-78(81)62-30-20-22-32-74(62)90-76)72-49-57(84(7,8)9)48-71-79(72)85(65)66-45-54(51-23-13-10-14-24-51)33-40-69(66)87(71)80-59(52-25-15-11-16-26-52)37-43-75-77(80)61-29-19-21-31-73(61)89-75/h10-50H,1-9H3. The zero-order valence-corrected chi connectivity index (χ0v) is 54.0. The fourth-order valence-corrected chi connectivity index (χ4v) is 17.1. The molecule has 0 N–H and O–H groups in total. The molecular weight excluding hydrogens is 1130 g/mol. The van der Waals surface area contributed by atoms with Crippen LogP contribution in [-0.4, -0.2) is 11.3 Å². The third-order valence-corrected chi connectivity index (χ3v) is 21.7. The fourth-order valence-electron chi connectivity index (χ4n) is 14.8. The lowest BCUT2D eigenvalue weighted by Gasteiger charge is -2.46. The predicted molar refractivity (Wildman–Crippen MR) is 393 cm³/mol. The van der Waals surface area contributed by atoms with Gasteiger partial charge in [-0.1, -0.05) is 232 Å². The quantitative estimate of drug-likeness (QED) is 0.154.